The number of rotatable bonds is 1. The van der Waals surface area contributed by atoms with Gasteiger partial charge in [-0.25, -0.2) is 18.5 Å². The fourth-order valence-corrected chi connectivity index (χ4v) is 0.730. The van der Waals surface area contributed by atoms with Crippen LogP contribution in [-0.4, -0.2) is 13.4 Å². The lowest BCUT2D eigenvalue weighted by Crippen LogP contribution is -2.10. The van der Waals surface area contributed by atoms with Crippen LogP contribution in [0, 0.1) is 0 Å². The number of oxazole rings is 1. The SMILES string of the molecule is Br.Br.NS(=O)(=O)c1cnco1. The van der Waals surface area contributed by atoms with Crippen molar-refractivity contribution in [1.82, 2.24) is 4.98 Å². The molecule has 1 aromatic heterocycles. The average molecular weight is 310 g/mol. The molecule has 66 valence electrons. The number of aromatic nitrogens is 1. The standard InChI is InChI=1S/C3H4N2O3S.2BrH/c4-9(6,7)3-1-5-2-8-3;;/h1-2H,(H2,4,6,7);2*1H. The average Bonchev–Trinajstić information content (AvgIpc) is 2.08. The van der Waals surface area contributed by atoms with E-state index in [9.17, 15) is 8.42 Å². The molecule has 2 N–H and O–H groups in total. The van der Waals surface area contributed by atoms with Crippen LogP contribution in [0.15, 0.2) is 22.1 Å². The van der Waals surface area contributed by atoms with Crippen molar-refractivity contribution in [3.63, 3.8) is 0 Å². The van der Waals surface area contributed by atoms with E-state index in [1.807, 2.05) is 0 Å². The van der Waals surface area contributed by atoms with Crippen molar-refractivity contribution < 1.29 is 12.8 Å². The second-order valence-electron chi connectivity index (χ2n) is 1.37. The van der Waals surface area contributed by atoms with Gasteiger partial charge in [-0.2, -0.15) is 0 Å². The van der Waals surface area contributed by atoms with Crippen molar-refractivity contribution in [3.8, 4) is 0 Å². The second-order valence-corrected chi connectivity index (χ2v) is 2.86. The molecule has 1 heterocycles. The van der Waals surface area contributed by atoms with Gasteiger partial charge in [0.15, 0.2) is 6.39 Å². The van der Waals surface area contributed by atoms with E-state index >= 15 is 0 Å². The first kappa shape index (κ1) is 13.7. The van der Waals surface area contributed by atoms with Crippen LogP contribution in [0.4, 0.5) is 0 Å². The lowest BCUT2D eigenvalue weighted by molar-refractivity contribution is 0.447. The van der Waals surface area contributed by atoms with E-state index in [0.717, 1.165) is 12.6 Å². The fourth-order valence-electron chi connectivity index (χ4n) is 0.345. The summed E-state index contributed by atoms with van der Waals surface area (Å²) in [6, 6.07) is 0. The molecule has 1 rings (SSSR count). The van der Waals surface area contributed by atoms with Gasteiger partial charge in [0.25, 0.3) is 15.1 Å². The van der Waals surface area contributed by atoms with Gasteiger partial charge < -0.3 is 4.42 Å². The largest absolute Gasteiger partial charge is 0.431 e. The summed E-state index contributed by atoms with van der Waals surface area (Å²) in [5.41, 5.74) is 0. The van der Waals surface area contributed by atoms with Crippen molar-refractivity contribution in [2.45, 2.75) is 5.09 Å². The van der Waals surface area contributed by atoms with Crippen LogP contribution in [-0.2, 0) is 10.0 Å². The molecule has 11 heavy (non-hydrogen) atoms. The van der Waals surface area contributed by atoms with Gasteiger partial charge in [0.05, 0.1) is 6.20 Å². The van der Waals surface area contributed by atoms with Crippen molar-refractivity contribution in [3.05, 3.63) is 12.6 Å². The number of nitrogens with two attached hydrogens (primary N) is 1. The Hall–Kier alpha value is 0.0800. The van der Waals surface area contributed by atoms with Gasteiger partial charge in [0, 0.05) is 0 Å². The molecule has 0 saturated carbocycles. The highest BCUT2D eigenvalue weighted by Gasteiger charge is 2.09. The maximum absolute atomic E-state index is 10.3. The molecule has 0 bridgehead atoms. The van der Waals surface area contributed by atoms with E-state index in [1.54, 1.807) is 0 Å². The molecule has 0 saturated heterocycles. The molecular weight excluding hydrogens is 304 g/mol. The summed E-state index contributed by atoms with van der Waals surface area (Å²) in [6.45, 7) is 0. The molecule has 8 heteroatoms. The number of hydrogen-bond donors (Lipinski definition) is 1. The van der Waals surface area contributed by atoms with E-state index in [2.05, 4.69) is 14.5 Å². The molecule has 5 nitrogen and oxygen atoms in total. The Kier molecular flexibility index (Phi) is 6.03. The Bertz CT molecular complexity index is 282. The van der Waals surface area contributed by atoms with Gasteiger partial charge in [-0.05, 0) is 0 Å². The summed E-state index contributed by atoms with van der Waals surface area (Å²) in [5, 5.41) is 4.32. The smallest absolute Gasteiger partial charge is 0.273 e. The van der Waals surface area contributed by atoms with Crippen LogP contribution in [0.1, 0.15) is 0 Å². The van der Waals surface area contributed by atoms with E-state index in [1.165, 1.54) is 0 Å². The summed E-state index contributed by atoms with van der Waals surface area (Å²) in [6.07, 6.45) is 2.04. The molecule has 0 radical (unpaired) electrons. The first-order chi connectivity index (χ1) is 4.11. The maximum atomic E-state index is 10.3. The molecule has 0 spiro atoms. The predicted molar refractivity (Wildman–Crippen MR) is 48.5 cm³/mol. The third-order valence-corrected chi connectivity index (χ3v) is 1.45. The van der Waals surface area contributed by atoms with E-state index < -0.39 is 10.0 Å². The fraction of sp³-hybridized carbons (Fsp3) is 0. The molecule has 0 aliphatic heterocycles. The van der Waals surface area contributed by atoms with Gasteiger partial charge >= 0.3 is 0 Å². The van der Waals surface area contributed by atoms with Crippen LogP contribution in [0.5, 0.6) is 0 Å². The molecule has 1 aromatic rings. The minimum Gasteiger partial charge on any atom is -0.431 e. The van der Waals surface area contributed by atoms with E-state index in [4.69, 9.17) is 0 Å². The highest BCUT2D eigenvalue weighted by molar-refractivity contribution is 8.93. The third kappa shape index (κ3) is 3.85. The topological polar surface area (TPSA) is 86.2 Å². The van der Waals surface area contributed by atoms with E-state index in [0.29, 0.717) is 0 Å². The van der Waals surface area contributed by atoms with Crippen LogP contribution < -0.4 is 5.14 Å². The van der Waals surface area contributed by atoms with Gasteiger partial charge in [-0.1, -0.05) is 0 Å². The Morgan fingerprint density at radius 2 is 2.00 bits per heavy atom. The summed E-state index contributed by atoms with van der Waals surface area (Å²) in [4.78, 5) is 3.36. The molecule has 0 aliphatic carbocycles. The molecule has 0 unspecified atom stereocenters. The summed E-state index contributed by atoms with van der Waals surface area (Å²) >= 11 is 0. The van der Waals surface area contributed by atoms with Crippen LogP contribution in [0.2, 0.25) is 0 Å². The minimum atomic E-state index is -3.69. The molecule has 0 fully saturated rings. The Labute approximate surface area is 84.6 Å². The van der Waals surface area contributed by atoms with Crippen molar-refractivity contribution in [2.24, 2.45) is 5.14 Å². The summed E-state index contributed by atoms with van der Waals surface area (Å²) in [7, 11) is -3.69. The Balaban J connectivity index is 0. The molecular formula is C3H6Br2N2O3S. The van der Waals surface area contributed by atoms with Crippen LogP contribution in [0.3, 0.4) is 0 Å². The zero-order valence-corrected chi connectivity index (χ0v) is 9.37. The molecule has 0 aromatic carbocycles. The number of nitrogens with zero attached hydrogens (tertiary/aromatic N) is 1. The van der Waals surface area contributed by atoms with Gasteiger partial charge in [-0.15, -0.1) is 34.0 Å². The zero-order valence-electron chi connectivity index (χ0n) is 5.13. The second kappa shape index (κ2) is 4.86. The molecule has 0 amide bonds. The highest BCUT2D eigenvalue weighted by atomic mass is 79.9. The third-order valence-electron chi connectivity index (χ3n) is 0.690. The quantitative estimate of drug-likeness (QED) is 0.817. The highest BCUT2D eigenvalue weighted by Crippen LogP contribution is 2.01. The van der Waals surface area contributed by atoms with Gasteiger partial charge in [-0.3, -0.25) is 0 Å². The van der Waals surface area contributed by atoms with Crippen LogP contribution in [0.25, 0.3) is 0 Å². The lowest BCUT2D eigenvalue weighted by atomic mass is 11.0. The van der Waals surface area contributed by atoms with E-state index in [-0.39, 0.29) is 39.1 Å². The number of primary sulfonamides is 1. The maximum Gasteiger partial charge on any atom is 0.273 e. The Morgan fingerprint density at radius 3 is 2.18 bits per heavy atom. The molecule has 0 atom stereocenters. The summed E-state index contributed by atoms with van der Waals surface area (Å²) in [5.74, 6) is 0. The predicted octanol–water partition coefficient (Wildman–Crippen LogP) is 0.478. The van der Waals surface area contributed by atoms with Crippen LogP contribution >= 0.6 is 34.0 Å². The Morgan fingerprint density at radius 1 is 1.45 bits per heavy atom. The zero-order chi connectivity index (χ0) is 6.91. The lowest BCUT2D eigenvalue weighted by Gasteiger charge is -1.84. The first-order valence-electron chi connectivity index (χ1n) is 2.02. The van der Waals surface area contributed by atoms with Gasteiger partial charge in [0.1, 0.15) is 0 Å². The summed E-state index contributed by atoms with van der Waals surface area (Å²) < 4.78 is 25.0. The molecule has 0 aliphatic rings. The number of sulfonamides is 1. The number of hydrogen-bond acceptors (Lipinski definition) is 4. The minimum absolute atomic E-state index is 0. The van der Waals surface area contributed by atoms with Crippen molar-refractivity contribution in [2.75, 3.05) is 0 Å². The normalized spacial score (nSPS) is 9.55. The first-order valence-corrected chi connectivity index (χ1v) is 3.56. The number of halogens is 2. The van der Waals surface area contributed by atoms with Crippen molar-refractivity contribution >= 4 is 44.0 Å². The van der Waals surface area contributed by atoms with Gasteiger partial charge in [0.2, 0.25) is 0 Å². The van der Waals surface area contributed by atoms with Crippen molar-refractivity contribution in [1.29, 1.82) is 0 Å². The monoisotopic (exact) mass is 308 g/mol.